The van der Waals surface area contributed by atoms with Gasteiger partial charge in [0.05, 0.1) is 17.2 Å². The first-order valence-electron chi connectivity index (χ1n) is 9.61. The number of benzene rings is 2. The number of aliphatic hydroxyl groups is 1. The Kier molecular flexibility index (Phi) is 6.19. The molecule has 0 bridgehead atoms. The zero-order valence-electron chi connectivity index (χ0n) is 17.4. The predicted octanol–water partition coefficient (Wildman–Crippen LogP) is 3.65. The molecule has 0 radical (unpaired) electrons. The Morgan fingerprint density at radius 1 is 1.13 bits per heavy atom. The third kappa shape index (κ3) is 4.06. The molecule has 3 rings (SSSR count). The molecule has 0 aromatic heterocycles. The minimum atomic E-state index is -0.801. The number of carbonyl (C=O) groups excluding carboxylic acids is 2. The van der Waals surface area contributed by atoms with E-state index in [1.807, 2.05) is 32.8 Å². The number of hydrogen-bond donors (Lipinski definition) is 2. The number of likely N-dealkylation sites (tertiary alicyclic amines) is 1. The summed E-state index contributed by atoms with van der Waals surface area (Å²) >= 11 is 6.16. The average molecular weight is 429 g/mol. The van der Waals surface area contributed by atoms with Crippen molar-refractivity contribution >= 4 is 29.1 Å². The van der Waals surface area contributed by atoms with Gasteiger partial charge in [0, 0.05) is 18.1 Å². The molecule has 2 aromatic carbocycles. The van der Waals surface area contributed by atoms with Crippen LogP contribution in [0, 0.1) is 13.8 Å². The van der Waals surface area contributed by atoms with Crippen molar-refractivity contribution in [3.63, 3.8) is 0 Å². The summed E-state index contributed by atoms with van der Waals surface area (Å²) in [6.07, 6.45) is 0. The molecule has 0 spiro atoms. The second-order valence-electron chi connectivity index (χ2n) is 7.80. The van der Waals surface area contributed by atoms with Crippen molar-refractivity contribution in [2.24, 2.45) is 0 Å². The lowest BCUT2D eigenvalue weighted by atomic mass is 9.94. The van der Waals surface area contributed by atoms with Crippen LogP contribution in [-0.4, -0.2) is 58.9 Å². The highest BCUT2D eigenvalue weighted by Crippen LogP contribution is 2.41. The Labute approximate surface area is 181 Å². The number of aliphatic hydroxyl groups excluding tert-OH is 1. The van der Waals surface area contributed by atoms with Gasteiger partial charge in [-0.25, -0.2) is 0 Å². The van der Waals surface area contributed by atoms with Crippen molar-refractivity contribution in [3.05, 3.63) is 69.2 Å². The van der Waals surface area contributed by atoms with Crippen LogP contribution in [0.2, 0.25) is 5.02 Å². The maximum absolute atomic E-state index is 13.0. The lowest BCUT2D eigenvalue weighted by molar-refractivity contribution is -0.140. The van der Waals surface area contributed by atoms with Gasteiger partial charge >= 0.3 is 0 Å². The first kappa shape index (κ1) is 21.9. The molecular formula is C23H25ClN2O4. The number of phenols is 1. The number of Topliss-reactive ketones (excluding diaryl/α,β-unsaturated/α-hetero) is 1. The number of phenolic OH excluding ortho intramolecular Hbond substituents is 1. The summed E-state index contributed by atoms with van der Waals surface area (Å²) in [7, 11) is 3.75. The number of carbonyl (C=O) groups is 2. The van der Waals surface area contributed by atoms with Crippen LogP contribution in [0.1, 0.15) is 28.3 Å². The number of rotatable bonds is 5. The van der Waals surface area contributed by atoms with Crippen molar-refractivity contribution in [2.75, 3.05) is 27.2 Å². The Hall–Kier alpha value is -2.83. The predicted molar refractivity (Wildman–Crippen MR) is 117 cm³/mol. The molecule has 1 fully saturated rings. The molecule has 1 amide bonds. The van der Waals surface area contributed by atoms with Crippen LogP contribution in [0.25, 0.3) is 5.76 Å². The SMILES string of the molecule is Cc1cc(O)c(C(O)=C2C(=O)C(=O)N(CCN(C)C)C2c2cccc(Cl)c2)cc1C. The molecule has 0 aliphatic carbocycles. The van der Waals surface area contributed by atoms with Crippen LogP contribution < -0.4 is 0 Å². The smallest absolute Gasteiger partial charge is 0.295 e. The molecule has 1 atom stereocenters. The maximum Gasteiger partial charge on any atom is 0.295 e. The van der Waals surface area contributed by atoms with Crippen molar-refractivity contribution < 1.29 is 19.8 Å². The highest BCUT2D eigenvalue weighted by molar-refractivity contribution is 6.46. The molecule has 6 nitrogen and oxygen atoms in total. The van der Waals surface area contributed by atoms with Gasteiger partial charge in [-0.3, -0.25) is 9.59 Å². The molecule has 1 unspecified atom stereocenters. The Morgan fingerprint density at radius 3 is 2.43 bits per heavy atom. The molecule has 158 valence electrons. The lowest BCUT2D eigenvalue weighted by Gasteiger charge is -2.26. The van der Waals surface area contributed by atoms with Crippen LogP contribution in [0.4, 0.5) is 0 Å². The molecule has 1 aliphatic rings. The van der Waals surface area contributed by atoms with Crippen molar-refractivity contribution in [1.29, 1.82) is 0 Å². The van der Waals surface area contributed by atoms with Gasteiger partial charge in [-0.2, -0.15) is 0 Å². The van der Waals surface area contributed by atoms with Gasteiger partial charge in [-0.05, 0) is 68.9 Å². The largest absolute Gasteiger partial charge is 0.507 e. The van der Waals surface area contributed by atoms with E-state index in [-0.39, 0.29) is 16.9 Å². The van der Waals surface area contributed by atoms with E-state index in [2.05, 4.69) is 0 Å². The van der Waals surface area contributed by atoms with E-state index in [1.165, 1.54) is 11.0 Å². The molecule has 7 heteroatoms. The molecule has 1 aliphatic heterocycles. The zero-order valence-corrected chi connectivity index (χ0v) is 18.2. The second-order valence-corrected chi connectivity index (χ2v) is 8.24. The maximum atomic E-state index is 13.0. The highest BCUT2D eigenvalue weighted by atomic mass is 35.5. The first-order chi connectivity index (χ1) is 14.1. The number of amides is 1. The van der Waals surface area contributed by atoms with E-state index in [9.17, 15) is 19.8 Å². The van der Waals surface area contributed by atoms with Gasteiger partial charge in [0.25, 0.3) is 11.7 Å². The fourth-order valence-electron chi connectivity index (χ4n) is 3.58. The number of ketones is 1. The van der Waals surface area contributed by atoms with E-state index >= 15 is 0 Å². The first-order valence-corrected chi connectivity index (χ1v) is 9.98. The molecule has 1 heterocycles. The zero-order chi connectivity index (χ0) is 22.2. The number of hydrogen-bond acceptors (Lipinski definition) is 5. The average Bonchev–Trinajstić information content (AvgIpc) is 2.93. The van der Waals surface area contributed by atoms with Gasteiger partial charge in [0.15, 0.2) is 0 Å². The third-order valence-electron chi connectivity index (χ3n) is 5.36. The minimum absolute atomic E-state index is 0.0559. The molecular weight excluding hydrogens is 404 g/mol. The summed E-state index contributed by atoms with van der Waals surface area (Å²) in [6, 6.07) is 9.21. The summed E-state index contributed by atoms with van der Waals surface area (Å²) in [5.41, 5.74) is 2.37. The van der Waals surface area contributed by atoms with Crippen LogP contribution >= 0.6 is 11.6 Å². The topological polar surface area (TPSA) is 81.1 Å². The molecule has 30 heavy (non-hydrogen) atoms. The number of aryl methyl sites for hydroxylation is 2. The van der Waals surface area contributed by atoms with Crippen LogP contribution in [0.3, 0.4) is 0 Å². The second kappa shape index (κ2) is 8.50. The van der Waals surface area contributed by atoms with Crippen molar-refractivity contribution in [2.45, 2.75) is 19.9 Å². The van der Waals surface area contributed by atoms with E-state index in [1.54, 1.807) is 30.3 Å². The van der Waals surface area contributed by atoms with Crippen molar-refractivity contribution in [1.82, 2.24) is 9.80 Å². The fraction of sp³-hybridized carbons (Fsp3) is 0.304. The number of nitrogens with zero attached hydrogens (tertiary/aromatic N) is 2. The lowest BCUT2D eigenvalue weighted by Crippen LogP contribution is -2.35. The van der Waals surface area contributed by atoms with Crippen molar-refractivity contribution in [3.8, 4) is 5.75 Å². The third-order valence-corrected chi connectivity index (χ3v) is 5.59. The van der Waals surface area contributed by atoms with Crippen LogP contribution in [0.15, 0.2) is 42.0 Å². The van der Waals surface area contributed by atoms with Gasteiger partial charge in [-0.1, -0.05) is 23.7 Å². The Morgan fingerprint density at radius 2 is 1.80 bits per heavy atom. The summed E-state index contributed by atoms with van der Waals surface area (Å²) < 4.78 is 0. The van der Waals surface area contributed by atoms with E-state index in [0.29, 0.717) is 23.7 Å². The van der Waals surface area contributed by atoms with Crippen LogP contribution in [0.5, 0.6) is 5.75 Å². The quantitative estimate of drug-likeness (QED) is 0.431. The van der Waals surface area contributed by atoms with E-state index in [0.717, 1.165) is 11.1 Å². The van der Waals surface area contributed by atoms with Gasteiger partial charge < -0.3 is 20.0 Å². The van der Waals surface area contributed by atoms with Gasteiger partial charge in [-0.15, -0.1) is 0 Å². The monoisotopic (exact) mass is 428 g/mol. The van der Waals surface area contributed by atoms with Crippen LogP contribution in [-0.2, 0) is 9.59 Å². The Balaban J connectivity index is 2.21. The number of halogens is 1. The standard InChI is InChI=1S/C23H25ClN2O4/c1-13-10-17(18(27)11-14(13)2)21(28)19-20(15-6-5-7-16(24)12-15)26(9-8-25(3)4)23(30)22(19)29/h5-7,10-12,20,27-28H,8-9H2,1-4H3. The summed E-state index contributed by atoms with van der Waals surface area (Å²) in [5, 5.41) is 21.9. The number of likely N-dealkylation sites (N-methyl/N-ethyl adjacent to an activating group) is 1. The fourth-order valence-corrected chi connectivity index (χ4v) is 3.78. The Bertz CT molecular complexity index is 1050. The summed E-state index contributed by atoms with van der Waals surface area (Å²) in [6.45, 7) is 4.52. The minimum Gasteiger partial charge on any atom is -0.507 e. The number of aromatic hydroxyl groups is 1. The van der Waals surface area contributed by atoms with Gasteiger partial charge in [0.2, 0.25) is 0 Å². The van der Waals surface area contributed by atoms with E-state index < -0.39 is 23.5 Å². The summed E-state index contributed by atoms with van der Waals surface area (Å²) in [4.78, 5) is 29.2. The highest BCUT2D eigenvalue weighted by Gasteiger charge is 2.46. The van der Waals surface area contributed by atoms with Gasteiger partial charge in [0.1, 0.15) is 11.5 Å². The molecule has 2 aromatic rings. The molecule has 1 saturated heterocycles. The summed E-state index contributed by atoms with van der Waals surface area (Å²) in [5.74, 6) is -2.02. The van der Waals surface area contributed by atoms with E-state index in [4.69, 9.17) is 11.6 Å². The molecule has 2 N–H and O–H groups in total. The normalized spacial score (nSPS) is 18.5. The molecule has 0 saturated carbocycles.